The van der Waals surface area contributed by atoms with Gasteiger partial charge in [0.2, 0.25) is 0 Å². The summed E-state index contributed by atoms with van der Waals surface area (Å²) < 4.78 is 0. The number of nitrogens with zero attached hydrogens (tertiary/aromatic N) is 1. The summed E-state index contributed by atoms with van der Waals surface area (Å²) in [4.78, 5) is 15.3. The average Bonchev–Trinajstić information content (AvgIpc) is 2.70. The highest BCUT2D eigenvalue weighted by molar-refractivity contribution is 5.91. The first kappa shape index (κ1) is 17.0. The Balaban J connectivity index is 1.36. The van der Waals surface area contributed by atoms with Crippen LogP contribution in [0.15, 0.2) is 72.8 Å². The second kappa shape index (κ2) is 7.84. The Hall–Kier alpha value is -2.45. The number of fused-ring (bicyclic) bond motifs is 1. The molecule has 1 saturated heterocycles. The molecule has 3 aromatic carbocycles. The minimum Gasteiger partial charge on any atom is -0.299 e. The fourth-order valence-corrected chi connectivity index (χ4v) is 4.03. The van der Waals surface area contributed by atoms with Crippen LogP contribution >= 0.6 is 0 Å². The van der Waals surface area contributed by atoms with Gasteiger partial charge in [0, 0.05) is 18.9 Å². The topological polar surface area (TPSA) is 20.3 Å². The van der Waals surface area contributed by atoms with Crippen LogP contribution in [-0.2, 0) is 17.8 Å². The highest BCUT2D eigenvalue weighted by Crippen LogP contribution is 2.24. The lowest BCUT2D eigenvalue weighted by Crippen LogP contribution is -2.36. The summed E-state index contributed by atoms with van der Waals surface area (Å²) in [6, 6.07) is 25.2. The molecule has 0 spiro atoms. The molecule has 0 N–H and O–H groups in total. The highest BCUT2D eigenvalue weighted by Gasteiger charge is 2.25. The average molecular weight is 343 g/mol. The molecule has 0 aromatic heterocycles. The maximum absolute atomic E-state index is 12.9. The Morgan fingerprint density at radius 1 is 0.846 bits per heavy atom. The van der Waals surface area contributed by atoms with Gasteiger partial charge in [-0.05, 0) is 47.8 Å². The third-order valence-corrected chi connectivity index (χ3v) is 5.54. The van der Waals surface area contributed by atoms with Crippen LogP contribution in [0.2, 0.25) is 0 Å². The van der Waals surface area contributed by atoms with Crippen molar-refractivity contribution in [3.63, 3.8) is 0 Å². The standard InChI is InChI=1S/C24H25NO/c26-24(17-22-11-6-10-20-9-4-5-12-23(20)22)21-13-15-25(16-14-21)18-19-7-2-1-3-8-19/h1-12,21H,13-18H2. The Bertz CT molecular complexity index is 874. The molecule has 0 bridgehead atoms. The molecule has 1 aliphatic rings. The third kappa shape index (κ3) is 3.86. The number of piperidine rings is 1. The van der Waals surface area contributed by atoms with Gasteiger partial charge in [0.05, 0.1) is 0 Å². The molecule has 1 fully saturated rings. The zero-order valence-corrected chi connectivity index (χ0v) is 15.1. The number of hydrogen-bond donors (Lipinski definition) is 0. The first-order valence-corrected chi connectivity index (χ1v) is 9.55. The summed E-state index contributed by atoms with van der Waals surface area (Å²) >= 11 is 0. The van der Waals surface area contributed by atoms with Crippen molar-refractivity contribution in [2.75, 3.05) is 13.1 Å². The Morgan fingerprint density at radius 3 is 2.35 bits per heavy atom. The van der Waals surface area contributed by atoms with E-state index in [1.54, 1.807) is 0 Å². The molecule has 132 valence electrons. The second-order valence-corrected chi connectivity index (χ2v) is 7.32. The van der Waals surface area contributed by atoms with Gasteiger partial charge in [-0.25, -0.2) is 0 Å². The maximum Gasteiger partial charge on any atom is 0.140 e. The minimum atomic E-state index is 0.209. The van der Waals surface area contributed by atoms with Crippen molar-refractivity contribution >= 4 is 16.6 Å². The number of ketones is 1. The van der Waals surface area contributed by atoms with Crippen LogP contribution in [0.3, 0.4) is 0 Å². The Kier molecular flexibility index (Phi) is 5.12. The van der Waals surface area contributed by atoms with E-state index in [0.717, 1.165) is 32.5 Å². The summed E-state index contributed by atoms with van der Waals surface area (Å²) in [5, 5.41) is 2.43. The van der Waals surface area contributed by atoms with Crippen molar-refractivity contribution in [2.45, 2.75) is 25.8 Å². The molecule has 0 saturated carbocycles. The molecule has 1 aliphatic heterocycles. The van der Waals surface area contributed by atoms with E-state index in [4.69, 9.17) is 0 Å². The summed E-state index contributed by atoms with van der Waals surface area (Å²) in [6.45, 7) is 3.02. The molecule has 0 radical (unpaired) electrons. The predicted octanol–water partition coefficient (Wildman–Crippen LogP) is 4.86. The van der Waals surface area contributed by atoms with Gasteiger partial charge < -0.3 is 0 Å². The van der Waals surface area contributed by atoms with Crippen molar-refractivity contribution in [1.82, 2.24) is 4.90 Å². The Morgan fingerprint density at radius 2 is 1.54 bits per heavy atom. The summed E-state index contributed by atoms with van der Waals surface area (Å²) in [5.41, 5.74) is 2.52. The SMILES string of the molecule is O=C(Cc1cccc2ccccc12)C1CCN(Cc2ccccc2)CC1. The zero-order valence-electron chi connectivity index (χ0n) is 15.1. The van der Waals surface area contributed by atoms with E-state index in [9.17, 15) is 4.79 Å². The first-order valence-electron chi connectivity index (χ1n) is 9.55. The molecule has 1 heterocycles. The molecule has 3 aromatic rings. The number of rotatable bonds is 5. The number of carbonyl (C=O) groups is 1. The van der Waals surface area contributed by atoms with Crippen LogP contribution in [0.5, 0.6) is 0 Å². The molecule has 2 nitrogen and oxygen atoms in total. The maximum atomic E-state index is 12.9. The van der Waals surface area contributed by atoms with Gasteiger partial charge in [0.25, 0.3) is 0 Å². The lowest BCUT2D eigenvalue weighted by molar-refractivity contribution is -0.123. The van der Waals surface area contributed by atoms with Crippen LogP contribution in [0, 0.1) is 5.92 Å². The van der Waals surface area contributed by atoms with Gasteiger partial charge in [-0.15, -0.1) is 0 Å². The van der Waals surface area contributed by atoms with E-state index < -0.39 is 0 Å². The smallest absolute Gasteiger partial charge is 0.140 e. The van der Waals surface area contributed by atoms with E-state index in [1.807, 2.05) is 0 Å². The summed E-state index contributed by atoms with van der Waals surface area (Å²) in [7, 11) is 0. The lowest BCUT2D eigenvalue weighted by atomic mass is 9.88. The van der Waals surface area contributed by atoms with Crippen molar-refractivity contribution in [2.24, 2.45) is 5.92 Å². The zero-order chi connectivity index (χ0) is 17.8. The number of likely N-dealkylation sites (tertiary alicyclic amines) is 1. The first-order chi connectivity index (χ1) is 12.8. The highest BCUT2D eigenvalue weighted by atomic mass is 16.1. The van der Waals surface area contributed by atoms with E-state index in [1.165, 1.54) is 21.9 Å². The minimum absolute atomic E-state index is 0.209. The van der Waals surface area contributed by atoms with Crippen molar-refractivity contribution in [3.05, 3.63) is 83.9 Å². The largest absolute Gasteiger partial charge is 0.299 e. The van der Waals surface area contributed by atoms with Crippen LogP contribution in [0.4, 0.5) is 0 Å². The second-order valence-electron chi connectivity index (χ2n) is 7.32. The van der Waals surface area contributed by atoms with Crippen LogP contribution in [0.1, 0.15) is 24.0 Å². The van der Waals surface area contributed by atoms with Crippen LogP contribution in [0.25, 0.3) is 10.8 Å². The van der Waals surface area contributed by atoms with Crippen molar-refractivity contribution < 1.29 is 4.79 Å². The van der Waals surface area contributed by atoms with Gasteiger partial charge in [-0.1, -0.05) is 72.8 Å². The molecule has 2 heteroatoms. The quantitative estimate of drug-likeness (QED) is 0.659. The molecular weight excluding hydrogens is 318 g/mol. The van der Waals surface area contributed by atoms with Gasteiger partial charge in [0.1, 0.15) is 5.78 Å². The lowest BCUT2D eigenvalue weighted by Gasteiger charge is -2.31. The van der Waals surface area contributed by atoms with E-state index in [0.29, 0.717) is 12.2 Å². The molecule has 0 amide bonds. The monoisotopic (exact) mass is 343 g/mol. The van der Waals surface area contributed by atoms with Gasteiger partial charge in [-0.2, -0.15) is 0 Å². The molecule has 0 unspecified atom stereocenters. The summed E-state index contributed by atoms with van der Waals surface area (Å²) in [6.07, 6.45) is 2.53. The Labute approximate surface area is 155 Å². The fourth-order valence-electron chi connectivity index (χ4n) is 4.03. The van der Waals surface area contributed by atoms with E-state index in [-0.39, 0.29) is 5.92 Å². The van der Waals surface area contributed by atoms with Gasteiger partial charge >= 0.3 is 0 Å². The van der Waals surface area contributed by atoms with Gasteiger partial charge in [-0.3, -0.25) is 9.69 Å². The third-order valence-electron chi connectivity index (χ3n) is 5.54. The summed E-state index contributed by atoms with van der Waals surface area (Å²) in [5.74, 6) is 0.613. The van der Waals surface area contributed by atoms with Crippen molar-refractivity contribution in [3.8, 4) is 0 Å². The fraction of sp³-hybridized carbons (Fsp3) is 0.292. The molecule has 0 aliphatic carbocycles. The van der Waals surface area contributed by atoms with Gasteiger partial charge in [0.15, 0.2) is 0 Å². The van der Waals surface area contributed by atoms with Crippen LogP contribution in [-0.4, -0.2) is 23.8 Å². The molecule has 26 heavy (non-hydrogen) atoms. The van der Waals surface area contributed by atoms with Crippen molar-refractivity contribution in [1.29, 1.82) is 0 Å². The molecule has 4 rings (SSSR count). The predicted molar refractivity (Wildman–Crippen MR) is 107 cm³/mol. The molecule has 0 atom stereocenters. The number of benzene rings is 3. The number of Topliss-reactive ketones (excluding diaryl/α,β-unsaturated/α-hetero) is 1. The molecular formula is C24H25NO. The van der Waals surface area contributed by atoms with Crippen LogP contribution < -0.4 is 0 Å². The van der Waals surface area contributed by atoms with E-state index >= 15 is 0 Å². The number of hydrogen-bond acceptors (Lipinski definition) is 2. The van der Waals surface area contributed by atoms with E-state index in [2.05, 4.69) is 77.7 Å². The normalized spacial score (nSPS) is 16.0. The number of carbonyl (C=O) groups excluding carboxylic acids is 1.